The Morgan fingerprint density at radius 2 is 2.06 bits per heavy atom. The summed E-state index contributed by atoms with van der Waals surface area (Å²) in [4.78, 5) is 17.6. The molecular weight excluding hydrogens is 224 g/mol. The van der Waals surface area contributed by atoms with Crippen molar-refractivity contribution in [2.45, 2.75) is 65.7 Å². The molecule has 0 bridgehead atoms. The third-order valence-corrected chi connectivity index (χ3v) is 3.53. The summed E-state index contributed by atoms with van der Waals surface area (Å²) in [5.74, 6) is 0.950. The summed E-state index contributed by atoms with van der Waals surface area (Å²) >= 11 is 0. The maximum absolute atomic E-state index is 11.1. The lowest BCUT2D eigenvalue weighted by Gasteiger charge is -2.20. The Hall–Kier alpha value is -1.12. The van der Waals surface area contributed by atoms with Crippen LogP contribution in [0.4, 0.5) is 0 Å². The van der Waals surface area contributed by atoms with Crippen LogP contribution < -0.4 is 0 Å². The van der Waals surface area contributed by atoms with Crippen molar-refractivity contribution in [3.63, 3.8) is 0 Å². The van der Waals surface area contributed by atoms with Crippen LogP contribution in [0.1, 0.15) is 65.7 Å². The minimum absolute atomic E-state index is 0.707. The van der Waals surface area contributed by atoms with Gasteiger partial charge in [-0.1, -0.05) is 18.9 Å². The van der Waals surface area contributed by atoms with Gasteiger partial charge < -0.3 is 4.90 Å². The predicted molar refractivity (Wildman–Crippen MR) is 76.6 cm³/mol. The predicted octanol–water partition coefficient (Wildman–Crippen LogP) is 3.90. The number of aliphatic imine (C=N–C) groups is 1. The fraction of sp³-hybridized carbons (Fsp3) is 0.733. The van der Waals surface area contributed by atoms with Gasteiger partial charge in [-0.3, -0.25) is 4.79 Å². The molecule has 1 amide bonds. The van der Waals surface area contributed by atoms with E-state index in [0.29, 0.717) is 6.54 Å². The molecule has 0 aliphatic heterocycles. The van der Waals surface area contributed by atoms with E-state index in [1.54, 1.807) is 4.90 Å². The molecule has 3 heteroatoms. The molecular formula is C15H26N2O. The fourth-order valence-electron chi connectivity index (χ4n) is 2.26. The molecule has 3 nitrogen and oxygen atoms in total. The van der Waals surface area contributed by atoms with Crippen molar-refractivity contribution in [3.8, 4) is 0 Å². The van der Waals surface area contributed by atoms with Gasteiger partial charge in [0.2, 0.25) is 6.41 Å². The van der Waals surface area contributed by atoms with Gasteiger partial charge in [-0.05, 0) is 46.0 Å². The van der Waals surface area contributed by atoms with Crippen LogP contribution >= 0.6 is 0 Å². The molecule has 0 radical (unpaired) electrons. The van der Waals surface area contributed by atoms with Crippen molar-refractivity contribution >= 4 is 12.2 Å². The molecule has 0 aromatic carbocycles. The molecule has 102 valence electrons. The van der Waals surface area contributed by atoms with Gasteiger partial charge in [0.05, 0.1) is 0 Å². The third kappa shape index (κ3) is 4.28. The molecule has 0 aromatic rings. The quantitative estimate of drug-likeness (QED) is 0.400. The highest BCUT2D eigenvalue weighted by Gasteiger charge is 2.12. The van der Waals surface area contributed by atoms with Crippen molar-refractivity contribution < 1.29 is 4.79 Å². The Bertz CT molecular complexity index is 331. The molecule has 0 N–H and O–H groups in total. The summed E-state index contributed by atoms with van der Waals surface area (Å²) in [6.07, 6.45) is 8.77. The van der Waals surface area contributed by atoms with Crippen LogP contribution in [0.25, 0.3) is 0 Å². The molecule has 0 heterocycles. The van der Waals surface area contributed by atoms with Crippen molar-refractivity contribution in [2.75, 3.05) is 6.54 Å². The van der Waals surface area contributed by atoms with E-state index in [0.717, 1.165) is 44.3 Å². The number of allylic oxidation sites excluding steroid dienone is 2. The number of hydrogen-bond donors (Lipinski definition) is 0. The van der Waals surface area contributed by atoms with Gasteiger partial charge in [0, 0.05) is 18.7 Å². The second-order valence-electron chi connectivity index (χ2n) is 4.96. The lowest BCUT2D eigenvalue weighted by molar-refractivity contribution is -0.114. The second kappa shape index (κ2) is 8.06. The maximum Gasteiger partial charge on any atom is 0.215 e. The Labute approximate surface area is 111 Å². The highest BCUT2D eigenvalue weighted by molar-refractivity contribution is 5.91. The zero-order chi connectivity index (χ0) is 13.4. The highest BCUT2D eigenvalue weighted by atomic mass is 16.1. The van der Waals surface area contributed by atoms with Crippen LogP contribution in [0.2, 0.25) is 0 Å². The number of nitrogens with zero attached hydrogens (tertiary/aromatic N) is 2. The number of amides is 1. The molecule has 1 aliphatic rings. The molecule has 1 aliphatic carbocycles. The number of hydrogen-bond acceptors (Lipinski definition) is 2. The van der Waals surface area contributed by atoms with E-state index in [4.69, 9.17) is 4.99 Å². The zero-order valence-electron chi connectivity index (χ0n) is 12.0. The van der Waals surface area contributed by atoms with E-state index in [-0.39, 0.29) is 0 Å². The standard InChI is InChI=1S/C15H26N2O/c1-4-6-11-15(17(5-2)12-18)16-14-10-8-7-9-13(14)3/h12H,4-11H2,1-3H3. The first-order chi connectivity index (χ1) is 8.72. The lowest BCUT2D eigenvalue weighted by Crippen LogP contribution is -2.29. The molecule has 0 atom stereocenters. The van der Waals surface area contributed by atoms with E-state index in [2.05, 4.69) is 13.8 Å². The third-order valence-electron chi connectivity index (χ3n) is 3.53. The molecule has 1 rings (SSSR count). The van der Waals surface area contributed by atoms with Crippen LogP contribution in [0.15, 0.2) is 16.3 Å². The summed E-state index contributed by atoms with van der Waals surface area (Å²) in [5, 5.41) is 0. The summed E-state index contributed by atoms with van der Waals surface area (Å²) in [5.41, 5.74) is 2.62. The number of unbranched alkanes of at least 4 members (excludes halogenated alkanes) is 1. The van der Waals surface area contributed by atoms with Crippen LogP contribution in [0.3, 0.4) is 0 Å². The number of rotatable bonds is 6. The smallest absolute Gasteiger partial charge is 0.215 e. The topological polar surface area (TPSA) is 32.7 Å². The van der Waals surface area contributed by atoms with E-state index in [1.165, 1.54) is 24.1 Å². The number of carbonyl (C=O) groups excluding carboxylic acids is 1. The van der Waals surface area contributed by atoms with Crippen LogP contribution in [0.5, 0.6) is 0 Å². The fourth-order valence-corrected chi connectivity index (χ4v) is 2.26. The monoisotopic (exact) mass is 250 g/mol. The van der Waals surface area contributed by atoms with Crippen molar-refractivity contribution in [2.24, 2.45) is 4.99 Å². The Kier molecular flexibility index (Phi) is 6.69. The van der Waals surface area contributed by atoms with Crippen LogP contribution in [-0.4, -0.2) is 23.7 Å². The normalized spacial score (nSPS) is 16.9. The van der Waals surface area contributed by atoms with Gasteiger partial charge in [0.25, 0.3) is 0 Å². The maximum atomic E-state index is 11.1. The van der Waals surface area contributed by atoms with Gasteiger partial charge in [-0.2, -0.15) is 0 Å². The summed E-state index contributed by atoms with van der Waals surface area (Å²) in [6.45, 7) is 7.04. The zero-order valence-corrected chi connectivity index (χ0v) is 12.0. The van der Waals surface area contributed by atoms with Crippen LogP contribution in [0, 0.1) is 0 Å². The minimum Gasteiger partial charge on any atom is -0.303 e. The van der Waals surface area contributed by atoms with Crippen molar-refractivity contribution in [1.29, 1.82) is 0 Å². The van der Waals surface area contributed by atoms with Crippen molar-refractivity contribution in [1.82, 2.24) is 4.90 Å². The first-order valence-corrected chi connectivity index (χ1v) is 7.21. The average Bonchev–Trinajstić information content (AvgIpc) is 2.39. The number of carbonyl (C=O) groups is 1. The Morgan fingerprint density at radius 1 is 1.33 bits per heavy atom. The van der Waals surface area contributed by atoms with Gasteiger partial charge in [-0.25, -0.2) is 4.99 Å². The Balaban J connectivity index is 2.89. The molecule has 0 fully saturated rings. The SMILES string of the molecule is CCCCC(=NC1=C(C)CCCC1)N(C=O)CC. The van der Waals surface area contributed by atoms with E-state index in [1.807, 2.05) is 6.92 Å². The first kappa shape index (κ1) is 14.9. The largest absolute Gasteiger partial charge is 0.303 e. The Morgan fingerprint density at radius 3 is 2.61 bits per heavy atom. The van der Waals surface area contributed by atoms with E-state index >= 15 is 0 Å². The van der Waals surface area contributed by atoms with E-state index < -0.39 is 0 Å². The van der Waals surface area contributed by atoms with Crippen LogP contribution in [-0.2, 0) is 4.79 Å². The number of amidine groups is 1. The molecule has 0 saturated heterocycles. The molecule has 18 heavy (non-hydrogen) atoms. The summed E-state index contributed by atoms with van der Waals surface area (Å²) < 4.78 is 0. The van der Waals surface area contributed by atoms with Crippen molar-refractivity contribution in [3.05, 3.63) is 11.3 Å². The second-order valence-corrected chi connectivity index (χ2v) is 4.96. The molecule has 0 aromatic heterocycles. The summed E-state index contributed by atoms with van der Waals surface area (Å²) in [6, 6.07) is 0. The van der Waals surface area contributed by atoms with E-state index in [9.17, 15) is 4.79 Å². The van der Waals surface area contributed by atoms with Gasteiger partial charge in [-0.15, -0.1) is 0 Å². The van der Waals surface area contributed by atoms with Gasteiger partial charge in [0.1, 0.15) is 5.84 Å². The minimum atomic E-state index is 0.707. The molecule has 0 spiro atoms. The van der Waals surface area contributed by atoms with Gasteiger partial charge in [0.15, 0.2) is 0 Å². The highest BCUT2D eigenvalue weighted by Crippen LogP contribution is 2.25. The lowest BCUT2D eigenvalue weighted by atomic mass is 9.98. The average molecular weight is 250 g/mol. The summed E-state index contributed by atoms with van der Waals surface area (Å²) in [7, 11) is 0. The van der Waals surface area contributed by atoms with Gasteiger partial charge >= 0.3 is 0 Å². The first-order valence-electron chi connectivity index (χ1n) is 7.21. The molecule has 0 unspecified atom stereocenters. The molecule has 0 saturated carbocycles.